The summed E-state index contributed by atoms with van der Waals surface area (Å²) in [6, 6.07) is 11.4. The van der Waals surface area contributed by atoms with Gasteiger partial charge >= 0.3 is 0 Å². The molecule has 1 aromatic heterocycles. The Labute approximate surface area is 183 Å². The molecule has 0 bridgehead atoms. The highest BCUT2D eigenvalue weighted by Gasteiger charge is 2.29. The molecule has 0 saturated carbocycles. The van der Waals surface area contributed by atoms with Gasteiger partial charge in [0.25, 0.3) is 0 Å². The first kappa shape index (κ1) is 22.7. The van der Waals surface area contributed by atoms with Gasteiger partial charge in [-0.1, -0.05) is 24.3 Å². The fraction of sp³-hybridized carbons (Fsp3) is 0.476. The largest absolute Gasteiger partial charge is 0.357 e. The average Bonchev–Trinajstić information content (AvgIpc) is 3.28. The number of sulfonamides is 1. The molecule has 1 aliphatic heterocycles. The van der Waals surface area contributed by atoms with E-state index >= 15 is 0 Å². The van der Waals surface area contributed by atoms with Crippen LogP contribution in [0.4, 0.5) is 0 Å². The zero-order valence-corrected chi connectivity index (χ0v) is 19.5. The maximum Gasteiger partial charge on any atom is 0.243 e. The summed E-state index contributed by atoms with van der Waals surface area (Å²) in [5.41, 5.74) is 0.706. The summed E-state index contributed by atoms with van der Waals surface area (Å²) in [4.78, 5) is 8.39. The molecule has 2 heterocycles. The Hall–Kier alpha value is -1.94. The molecule has 2 aromatic rings. The molecule has 164 valence electrons. The Morgan fingerprint density at radius 2 is 1.90 bits per heavy atom. The van der Waals surface area contributed by atoms with Crippen LogP contribution in [0.5, 0.6) is 0 Å². The van der Waals surface area contributed by atoms with Crippen LogP contribution >= 0.6 is 11.3 Å². The van der Waals surface area contributed by atoms with Gasteiger partial charge in [0.1, 0.15) is 0 Å². The number of hydrogen-bond donors (Lipinski definition) is 2. The lowest BCUT2D eigenvalue weighted by Crippen LogP contribution is -2.47. The van der Waals surface area contributed by atoms with E-state index in [4.69, 9.17) is 0 Å². The van der Waals surface area contributed by atoms with E-state index in [1.165, 1.54) is 4.88 Å². The van der Waals surface area contributed by atoms with Gasteiger partial charge < -0.3 is 15.5 Å². The summed E-state index contributed by atoms with van der Waals surface area (Å²) < 4.78 is 28.1. The van der Waals surface area contributed by atoms with E-state index in [0.717, 1.165) is 19.6 Å². The van der Waals surface area contributed by atoms with Gasteiger partial charge in [-0.05, 0) is 44.0 Å². The van der Waals surface area contributed by atoms with Crippen LogP contribution in [0.15, 0.2) is 51.7 Å². The second kappa shape index (κ2) is 10.4. The highest BCUT2D eigenvalue weighted by molar-refractivity contribution is 7.89. The van der Waals surface area contributed by atoms with Gasteiger partial charge in [0.15, 0.2) is 5.96 Å². The van der Waals surface area contributed by atoms with Crippen LogP contribution in [0, 0.1) is 0 Å². The van der Waals surface area contributed by atoms with Crippen molar-refractivity contribution in [3.63, 3.8) is 0 Å². The minimum Gasteiger partial charge on any atom is -0.357 e. The van der Waals surface area contributed by atoms with E-state index in [1.54, 1.807) is 27.8 Å². The van der Waals surface area contributed by atoms with Crippen molar-refractivity contribution in [1.29, 1.82) is 0 Å². The minimum atomic E-state index is -3.54. The zero-order valence-electron chi connectivity index (χ0n) is 17.8. The Kier molecular flexibility index (Phi) is 7.87. The van der Waals surface area contributed by atoms with E-state index in [1.807, 2.05) is 32.2 Å². The lowest BCUT2D eigenvalue weighted by atomic mass is 10.2. The topological polar surface area (TPSA) is 77.0 Å². The number of aliphatic imine (C=N–C) groups is 1. The third-order valence-electron chi connectivity index (χ3n) is 5.13. The highest BCUT2D eigenvalue weighted by Crippen LogP contribution is 2.22. The maximum absolute atomic E-state index is 13.2. The van der Waals surface area contributed by atoms with Gasteiger partial charge in [-0.2, -0.15) is 4.31 Å². The van der Waals surface area contributed by atoms with Gasteiger partial charge in [-0.3, -0.25) is 0 Å². The third kappa shape index (κ3) is 5.60. The fourth-order valence-corrected chi connectivity index (χ4v) is 5.72. The molecule has 2 N–H and O–H groups in total. The summed E-state index contributed by atoms with van der Waals surface area (Å²) >= 11 is 1.69. The predicted octanol–water partition coefficient (Wildman–Crippen LogP) is 2.50. The zero-order chi connectivity index (χ0) is 21.6. The van der Waals surface area contributed by atoms with Crippen molar-refractivity contribution in [2.24, 2.45) is 4.99 Å². The number of piperazine rings is 1. The standard InChI is InChI=1S/C21H31N5O2S2/c1-4-22-21(24-17(2)19-9-7-15-29-19)23-16-18-8-5-6-10-20(18)30(27,28)26-13-11-25(3)12-14-26/h5-10,15,17H,4,11-14,16H2,1-3H3,(H2,22,23,24). The van der Waals surface area contributed by atoms with Crippen LogP contribution < -0.4 is 10.6 Å². The van der Waals surface area contributed by atoms with Crippen molar-refractivity contribution in [3.05, 3.63) is 52.2 Å². The predicted molar refractivity (Wildman–Crippen MR) is 123 cm³/mol. The molecule has 0 spiro atoms. The number of rotatable bonds is 7. The molecular formula is C21H31N5O2S2. The quantitative estimate of drug-likeness (QED) is 0.502. The van der Waals surface area contributed by atoms with E-state index in [9.17, 15) is 8.42 Å². The van der Waals surface area contributed by atoms with Crippen molar-refractivity contribution < 1.29 is 8.42 Å². The Bertz CT molecular complexity index is 936. The average molecular weight is 450 g/mol. The third-order valence-corrected chi connectivity index (χ3v) is 8.18. The second-order valence-corrected chi connectivity index (χ2v) is 10.3. The van der Waals surface area contributed by atoms with Crippen LogP contribution in [0.3, 0.4) is 0 Å². The number of hydrogen-bond acceptors (Lipinski definition) is 5. The summed E-state index contributed by atoms with van der Waals surface area (Å²) in [7, 11) is -1.52. The Morgan fingerprint density at radius 3 is 2.57 bits per heavy atom. The summed E-state index contributed by atoms with van der Waals surface area (Å²) in [5.74, 6) is 0.671. The van der Waals surface area contributed by atoms with E-state index in [-0.39, 0.29) is 12.6 Å². The van der Waals surface area contributed by atoms with Gasteiger partial charge in [0, 0.05) is 37.6 Å². The molecule has 0 radical (unpaired) electrons. The summed E-state index contributed by atoms with van der Waals surface area (Å²) in [6.45, 7) is 7.63. The monoisotopic (exact) mass is 449 g/mol. The molecule has 30 heavy (non-hydrogen) atoms. The summed E-state index contributed by atoms with van der Waals surface area (Å²) in [5, 5.41) is 8.70. The van der Waals surface area contributed by atoms with Crippen LogP contribution in [0.2, 0.25) is 0 Å². The Morgan fingerprint density at radius 1 is 1.17 bits per heavy atom. The molecule has 0 aliphatic carbocycles. The molecule has 1 atom stereocenters. The number of thiophene rings is 1. The van der Waals surface area contributed by atoms with Gasteiger partial charge in [-0.25, -0.2) is 13.4 Å². The molecule has 9 heteroatoms. The SMILES string of the molecule is CCNC(=NCc1ccccc1S(=O)(=O)N1CCN(C)CC1)NC(C)c1cccs1. The van der Waals surface area contributed by atoms with Crippen molar-refractivity contribution in [1.82, 2.24) is 19.8 Å². The van der Waals surface area contributed by atoms with E-state index in [0.29, 0.717) is 29.5 Å². The first-order valence-corrected chi connectivity index (χ1v) is 12.6. The summed E-state index contributed by atoms with van der Waals surface area (Å²) in [6.07, 6.45) is 0. The molecular weight excluding hydrogens is 418 g/mol. The van der Waals surface area contributed by atoms with E-state index in [2.05, 4.69) is 38.9 Å². The molecule has 0 amide bonds. The molecule has 1 unspecified atom stereocenters. The fourth-order valence-electron chi connectivity index (χ4n) is 3.35. The number of guanidine groups is 1. The van der Waals surface area contributed by atoms with Crippen LogP contribution in [-0.4, -0.2) is 63.4 Å². The van der Waals surface area contributed by atoms with Crippen LogP contribution in [0.1, 0.15) is 30.3 Å². The van der Waals surface area contributed by atoms with Crippen molar-refractivity contribution in [2.45, 2.75) is 31.3 Å². The molecule has 1 saturated heterocycles. The number of nitrogens with one attached hydrogen (secondary N) is 2. The first-order chi connectivity index (χ1) is 14.4. The Balaban J connectivity index is 1.78. The van der Waals surface area contributed by atoms with Crippen LogP contribution in [-0.2, 0) is 16.6 Å². The number of nitrogens with zero attached hydrogens (tertiary/aromatic N) is 3. The highest BCUT2D eigenvalue weighted by atomic mass is 32.2. The molecule has 3 rings (SSSR count). The molecule has 1 aromatic carbocycles. The van der Waals surface area contributed by atoms with Gasteiger partial charge in [-0.15, -0.1) is 11.3 Å². The molecule has 1 fully saturated rings. The molecule has 7 nitrogen and oxygen atoms in total. The number of benzene rings is 1. The van der Waals surface area contributed by atoms with Crippen molar-refractivity contribution >= 4 is 27.3 Å². The first-order valence-electron chi connectivity index (χ1n) is 10.3. The second-order valence-electron chi connectivity index (χ2n) is 7.39. The smallest absolute Gasteiger partial charge is 0.243 e. The van der Waals surface area contributed by atoms with Gasteiger partial charge in [0.2, 0.25) is 10.0 Å². The lowest BCUT2D eigenvalue weighted by molar-refractivity contribution is 0.222. The maximum atomic E-state index is 13.2. The lowest BCUT2D eigenvalue weighted by Gasteiger charge is -2.32. The van der Waals surface area contributed by atoms with Crippen molar-refractivity contribution in [3.8, 4) is 0 Å². The van der Waals surface area contributed by atoms with Crippen molar-refractivity contribution in [2.75, 3.05) is 39.8 Å². The minimum absolute atomic E-state index is 0.118. The van der Waals surface area contributed by atoms with Crippen LogP contribution in [0.25, 0.3) is 0 Å². The van der Waals surface area contributed by atoms with Gasteiger partial charge in [0.05, 0.1) is 17.5 Å². The number of likely N-dealkylation sites (N-methyl/N-ethyl adjacent to an activating group) is 1. The normalized spacial score (nSPS) is 17.6. The molecule has 1 aliphatic rings. The van der Waals surface area contributed by atoms with E-state index < -0.39 is 10.0 Å².